The van der Waals surface area contributed by atoms with Gasteiger partial charge >= 0.3 is 0 Å². The summed E-state index contributed by atoms with van der Waals surface area (Å²) in [6.07, 6.45) is -2.37. The van der Waals surface area contributed by atoms with Crippen LogP contribution in [0.1, 0.15) is 23.7 Å². The number of benzene rings is 1. The zero-order chi connectivity index (χ0) is 13.0. The highest BCUT2D eigenvalue weighted by Crippen LogP contribution is 2.23. The lowest BCUT2D eigenvalue weighted by molar-refractivity contribution is 0.0169. The minimum absolute atomic E-state index is 0.103. The maximum atomic E-state index is 13.3. The minimum Gasteiger partial charge on any atom is -0.390 e. The van der Waals surface area contributed by atoms with Crippen molar-refractivity contribution >= 4 is 12.6 Å². The zero-order valence-electron chi connectivity index (χ0n) is 8.77. The van der Waals surface area contributed by atoms with Crippen LogP contribution in [0.15, 0.2) is 12.1 Å². The van der Waals surface area contributed by atoms with Crippen molar-refractivity contribution in [2.24, 2.45) is 0 Å². The molecule has 1 aromatic carbocycles. The van der Waals surface area contributed by atoms with Gasteiger partial charge in [0.05, 0.1) is 6.10 Å². The maximum Gasteiger partial charge on any atom is 0.144 e. The zero-order valence-corrected chi connectivity index (χ0v) is 9.66. The lowest BCUT2D eigenvalue weighted by atomic mass is 10.0. The van der Waals surface area contributed by atoms with Crippen molar-refractivity contribution in [1.29, 1.82) is 5.26 Å². The molecular formula is C11H11F2NO2S. The van der Waals surface area contributed by atoms with Crippen molar-refractivity contribution in [2.75, 3.05) is 5.75 Å². The molecule has 1 aromatic rings. The Hall–Kier alpha value is -1.16. The van der Waals surface area contributed by atoms with Crippen molar-refractivity contribution in [1.82, 2.24) is 0 Å². The van der Waals surface area contributed by atoms with Crippen LogP contribution in [0.5, 0.6) is 0 Å². The molecule has 0 aliphatic rings. The number of nitrogens with zero attached hydrogens (tertiary/aromatic N) is 1. The van der Waals surface area contributed by atoms with Crippen LogP contribution in [-0.4, -0.2) is 22.1 Å². The van der Waals surface area contributed by atoms with Gasteiger partial charge in [-0.2, -0.15) is 17.9 Å². The standard InChI is InChI=1S/C11H11F2NO2S/c12-8-3-6(4-9(13)7(8)5-14)11(16)10(15)1-2-17/h3-4,10-11,15-17H,1-2H2. The largest absolute Gasteiger partial charge is 0.390 e. The molecule has 0 saturated heterocycles. The van der Waals surface area contributed by atoms with Gasteiger partial charge in [0.25, 0.3) is 0 Å². The lowest BCUT2D eigenvalue weighted by Gasteiger charge is -2.17. The number of hydrogen-bond donors (Lipinski definition) is 3. The van der Waals surface area contributed by atoms with Crippen molar-refractivity contribution < 1.29 is 19.0 Å². The fourth-order valence-electron chi connectivity index (χ4n) is 1.38. The molecule has 0 bridgehead atoms. The molecule has 0 aliphatic heterocycles. The predicted octanol–water partition coefficient (Wildman–Crippen LogP) is 1.55. The molecule has 1 rings (SSSR count). The Morgan fingerprint density at radius 1 is 1.29 bits per heavy atom. The molecule has 2 atom stereocenters. The van der Waals surface area contributed by atoms with Crippen LogP contribution >= 0.6 is 12.6 Å². The van der Waals surface area contributed by atoms with Crippen molar-refractivity contribution in [2.45, 2.75) is 18.6 Å². The predicted molar refractivity (Wildman–Crippen MR) is 60.5 cm³/mol. The van der Waals surface area contributed by atoms with Gasteiger partial charge in [0, 0.05) is 0 Å². The molecule has 92 valence electrons. The third kappa shape index (κ3) is 3.16. The van der Waals surface area contributed by atoms with E-state index in [0.717, 1.165) is 12.1 Å². The van der Waals surface area contributed by atoms with Crippen LogP contribution in [0, 0.1) is 23.0 Å². The van der Waals surface area contributed by atoms with Crippen LogP contribution in [0.25, 0.3) is 0 Å². The Bertz CT molecular complexity index is 425. The molecule has 0 aliphatic carbocycles. The number of thiol groups is 1. The number of aliphatic hydroxyl groups is 2. The monoisotopic (exact) mass is 259 g/mol. The Morgan fingerprint density at radius 3 is 2.24 bits per heavy atom. The lowest BCUT2D eigenvalue weighted by Crippen LogP contribution is -2.19. The highest BCUT2D eigenvalue weighted by Gasteiger charge is 2.21. The van der Waals surface area contributed by atoms with E-state index in [0.29, 0.717) is 5.75 Å². The fourth-order valence-corrected chi connectivity index (χ4v) is 1.65. The summed E-state index contributed by atoms with van der Waals surface area (Å²) in [5.41, 5.74) is -0.807. The molecule has 3 nitrogen and oxygen atoms in total. The molecule has 0 fully saturated rings. The summed E-state index contributed by atoms with van der Waals surface area (Å²) >= 11 is 3.88. The van der Waals surface area contributed by atoms with Gasteiger partial charge in [0.2, 0.25) is 0 Å². The van der Waals surface area contributed by atoms with Gasteiger partial charge in [-0.25, -0.2) is 8.78 Å². The number of halogens is 2. The third-order valence-electron chi connectivity index (χ3n) is 2.31. The minimum atomic E-state index is -1.40. The van der Waals surface area contributed by atoms with E-state index in [1.54, 1.807) is 0 Å². The van der Waals surface area contributed by atoms with Gasteiger partial charge in [-0.05, 0) is 29.9 Å². The van der Waals surface area contributed by atoms with Gasteiger partial charge < -0.3 is 10.2 Å². The van der Waals surface area contributed by atoms with Gasteiger partial charge in [-0.3, -0.25) is 0 Å². The first-order valence-electron chi connectivity index (χ1n) is 4.87. The summed E-state index contributed by atoms with van der Waals surface area (Å²) in [5.74, 6) is -1.78. The van der Waals surface area contributed by atoms with E-state index >= 15 is 0 Å². The van der Waals surface area contributed by atoms with Gasteiger partial charge in [0.1, 0.15) is 29.4 Å². The fraction of sp³-hybridized carbons (Fsp3) is 0.364. The first-order valence-corrected chi connectivity index (χ1v) is 5.50. The smallest absolute Gasteiger partial charge is 0.144 e. The molecule has 0 aromatic heterocycles. The molecule has 6 heteroatoms. The quantitative estimate of drug-likeness (QED) is 0.719. The van der Waals surface area contributed by atoms with Gasteiger partial charge in [-0.15, -0.1) is 0 Å². The van der Waals surface area contributed by atoms with E-state index in [1.807, 2.05) is 0 Å². The second-order valence-corrected chi connectivity index (χ2v) is 3.94. The SMILES string of the molecule is N#Cc1c(F)cc(C(O)C(O)CCS)cc1F. The van der Waals surface area contributed by atoms with E-state index in [-0.39, 0.29) is 12.0 Å². The van der Waals surface area contributed by atoms with Crippen LogP contribution in [0.3, 0.4) is 0 Å². The molecule has 2 unspecified atom stereocenters. The number of aliphatic hydroxyl groups excluding tert-OH is 2. The Morgan fingerprint density at radius 2 is 1.82 bits per heavy atom. The average Bonchev–Trinajstić information content (AvgIpc) is 2.27. The topological polar surface area (TPSA) is 64.2 Å². The molecular weight excluding hydrogens is 248 g/mol. The summed E-state index contributed by atoms with van der Waals surface area (Å²) in [6, 6.07) is 3.06. The van der Waals surface area contributed by atoms with E-state index in [9.17, 15) is 19.0 Å². The first-order chi connectivity index (χ1) is 8.01. The van der Waals surface area contributed by atoms with Crippen molar-refractivity contribution in [3.05, 3.63) is 34.9 Å². The normalized spacial score (nSPS) is 14.1. The molecule has 0 amide bonds. The van der Waals surface area contributed by atoms with Crippen LogP contribution in [0.2, 0.25) is 0 Å². The van der Waals surface area contributed by atoms with E-state index in [2.05, 4.69) is 12.6 Å². The Kier molecular flexibility index (Phi) is 4.87. The molecule has 0 spiro atoms. The van der Waals surface area contributed by atoms with E-state index in [4.69, 9.17) is 5.26 Å². The molecule has 0 radical (unpaired) electrons. The maximum absolute atomic E-state index is 13.3. The number of nitriles is 1. The van der Waals surface area contributed by atoms with Crippen LogP contribution in [0.4, 0.5) is 8.78 Å². The molecule has 2 N–H and O–H groups in total. The highest BCUT2D eigenvalue weighted by molar-refractivity contribution is 7.80. The first kappa shape index (κ1) is 13.9. The van der Waals surface area contributed by atoms with Gasteiger partial charge in [-0.1, -0.05) is 0 Å². The number of rotatable bonds is 4. The average molecular weight is 259 g/mol. The van der Waals surface area contributed by atoms with E-state index < -0.39 is 29.4 Å². The molecule has 0 saturated carbocycles. The van der Waals surface area contributed by atoms with Crippen LogP contribution < -0.4 is 0 Å². The number of hydrogen-bond acceptors (Lipinski definition) is 4. The summed E-state index contributed by atoms with van der Waals surface area (Å²) in [7, 11) is 0. The van der Waals surface area contributed by atoms with Crippen molar-refractivity contribution in [3.8, 4) is 6.07 Å². The summed E-state index contributed by atoms with van der Waals surface area (Å²) in [5, 5.41) is 27.6. The third-order valence-corrected chi connectivity index (χ3v) is 2.57. The molecule has 0 heterocycles. The second kappa shape index (κ2) is 5.96. The van der Waals surface area contributed by atoms with E-state index in [1.165, 1.54) is 6.07 Å². The van der Waals surface area contributed by atoms with Crippen molar-refractivity contribution in [3.63, 3.8) is 0 Å². The van der Waals surface area contributed by atoms with Gasteiger partial charge in [0.15, 0.2) is 0 Å². The Balaban J connectivity index is 3.05. The summed E-state index contributed by atoms with van der Waals surface area (Å²) in [4.78, 5) is 0. The van der Waals surface area contributed by atoms with Crippen LogP contribution in [-0.2, 0) is 0 Å². The Labute approximate surface area is 103 Å². The highest BCUT2D eigenvalue weighted by atomic mass is 32.1. The molecule has 17 heavy (non-hydrogen) atoms. The second-order valence-electron chi connectivity index (χ2n) is 3.50. The summed E-state index contributed by atoms with van der Waals surface area (Å²) < 4.78 is 26.5. The summed E-state index contributed by atoms with van der Waals surface area (Å²) in [6.45, 7) is 0.